The van der Waals surface area contributed by atoms with E-state index in [-0.39, 0.29) is 17.4 Å². The highest BCUT2D eigenvalue weighted by molar-refractivity contribution is 8.00. The lowest BCUT2D eigenvalue weighted by molar-refractivity contribution is -0.114. The van der Waals surface area contributed by atoms with Crippen LogP contribution in [0.2, 0.25) is 0 Å². The molecule has 0 radical (unpaired) electrons. The molecule has 0 bridgehead atoms. The van der Waals surface area contributed by atoms with Gasteiger partial charge >= 0.3 is 0 Å². The van der Waals surface area contributed by atoms with Crippen LogP contribution in [0, 0.1) is 13.8 Å². The average molecular weight is 566 g/mol. The Kier molecular flexibility index (Phi) is 9.96. The third-order valence-corrected chi connectivity index (χ3v) is 7.08. The number of methoxy groups -OCH3 is 1. The number of carbonyl (C=O) groups excluding carboxylic acids is 3. The summed E-state index contributed by atoms with van der Waals surface area (Å²) in [5.41, 5.74) is 4.62. The van der Waals surface area contributed by atoms with Crippen molar-refractivity contribution in [1.29, 1.82) is 0 Å². The van der Waals surface area contributed by atoms with Crippen molar-refractivity contribution in [2.75, 3.05) is 23.5 Å². The van der Waals surface area contributed by atoms with Gasteiger partial charge in [0.25, 0.3) is 11.8 Å². The summed E-state index contributed by atoms with van der Waals surface area (Å²) in [4.78, 5) is 39.6. The number of nitrogens with one attached hydrogen (secondary N) is 3. The van der Waals surface area contributed by atoms with Crippen LogP contribution < -0.4 is 20.7 Å². The first-order chi connectivity index (χ1) is 19.8. The zero-order valence-corrected chi connectivity index (χ0v) is 23.9. The van der Waals surface area contributed by atoms with E-state index in [9.17, 15) is 14.4 Å². The summed E-state index contributed by atoms with van der Waals surface area (Å²) in [6.45, 7) is 3.93. The largest absolute Gasteiger partial charge is 0.497 e. The Balaban J connectivity index is 1.46. The number of rotatable bonds is 10. The molecule has 0 aliphatic carbocycles. The molecule has 0 saturated carbocycles. The van der Waals surface area contributed by atoms with Crippen LogP contribution in [0.5, 0.6) is 5.75 Å². The summed E-state index contributed by atoms with van der Waals surface area (Å²) in [7, 11) is 1.58. The third kappa shape index (κ3) is 8.58. The molecule has 0 unspecified atom stereocenters. The van der Waals surface area contributed by atoms with Crippen molar-refractivity contribution in [1.82, 2.24) is 5.32 Å². The molecule has 0 aromatic heterocycles. The molecule has 4 aromatic carbocycles. The number of amides is 3. The van der Waals surface area contributed by atoms with E-state index in [1.807, 2.05) is 44.2 Å². The smallest absolute Gasteiger partial charge is 0.272 e. The molecule has 0 heterocycles. The molecular weight excluding hydrogens is 534 g/mol. The van der Waals surface area contributed by atoms with E-state index in [4.69, 9.17) is 4.74 Å². The number of benzene rings is 4. The minimum Gasteiger partial charge on any atom is -0.497 e. The first-order valence-electron chi connectivity index (χ1n) is 12.9. The number of ether oxygens (including phenoxy) is 1. The van der Waals surface area contributed by atoms with E-state index < -0.39 is 11.8 Å². The van der Waals surface area contributed by atoms with Crippen LogP contribution >= 0.6 is 11.8 Å². The van der Waals surface area contributed by atoms with E-state index in [2.05, 4.69) is 16.0 Å². The normalized spacial score (nSPS) is 11.0. The third-order valence-electron chi connectivity index (χ3n) is 6.08. The zero-order chi connectivity index (χ0) is 29.2. The summed E-state index contributed by atoms with van der Waals surface area (Å²) in [5, 5.41) is 8.56. The molecule has 3 N–H and O–H groups in total. The van der Waals surface area contributed by atoms with Gasteiger partial charge in [0.1, 0.15) is 11.4 Å². The molecular formula is C33H31N3O4S. The fourth-order valence-corrected chi connectivity index (χ4v) is 4.63. The highest BCUT2D eigenvalue weighted by Gasteiger charge is 2.16. The molecule has 4 rings (SSSR count). The Morgan fingerprint density at radius 1 is 0.829 bits per heavy atom. The lowest BCUT2D eigenvalue weighted by Crippen LogP contribution is -2.30. The van der Waals surface area contributed by atoms with Gasteiger partial charge < -0.3 is 20.7 Å². The lowest BCUT2D eigenvalue weighted by Gasteiger charge is -2.12. The van der Waals surface area contributed by atoms with Crippen molar-refractivity contribution in [3.63, 3.8) is 0 Å². The molecule has 208 valence electrons. The SMILES string of the molecule is COc1ccc(/C=C(/NC(=O)c2ccccc2)C(=O)Nc2cccc(SCC(=O)Nc3cc(C)ccc3C)c2)cc1. The van der Waals surface area contributed by atoms with Crippen LogP contribution in [-0.4, -0.2) is 30.6 Å². The second-order valence-electron chi connectivity index (χ2n) is 9.29. The molecule has 0 aliphatic heterocycles. The maximum Gasteiger partial charge on any atom is 0.272 e. The second kappa shape index (κ2) is 14.0. The van der Waals surface area contributed by atoms with Crippen LogP contribution in [0.4, 0.5) is 11.4 Å². The number of carbonyl (C=O) groups is 3. The lowest BCUT2D eigenvalue weighted by atomic mass is 10.1. The van der Waals surface area contributed by atoms with Crippen LogP contribution in [0.1, 0.15) is 27.0 Å². The summed E-state index contributed by atoms with van der Waals surface area (Å²) in [5.74, 6) is -0.120. The van der Waals surface area contributed by atoms with Gasteiger partial charge in [-0.1, -0.05) is 48.5 Å². The van der Waals surface area contributed by atoms with Gasteiger partial charge in [-0.3, -0.25) is 14.4 Å². The topological polar surface area (TPSA) is 96.5 Å². The van der Waals surface area contributed by atoms with Crippen molar-refractivity contribution in [3.8, 4) is 5.75 Å². The van der Waals surface area contributed by atoms with Crippen LogP contribution in [0.3, 0.4) is 0 Å². The van der Waals surface area contributed by atoms with Crippen molar-refractivity contribution in [2.45, 2.75) is 18.7 Å². The van der Waals surface area contributed by atoms with Crippen LogP contribution in [-0.2, 0) is 9.59 Å². The number of anilines is 2. The molecule has 4 aromatic rings. The minimum atomic E-state index is -0.486. The van der Waals surface area contributed by atoms with Gasteiger partial charge in [-0.15, -0.1) is 11.8 Å². The minimum absolute atomic E-state index is 0.0787. The maximum absolute atomic E-state index is 13.4. The standard InChI is InChI=1S/C33H31N3O4S/c1-22-12-13-23(2)29(18-22)35-31(37)21-41-28-11-7-10-26(20-28)34-33(39)30(19-24-14-16-27(40-3)17-15-24)36-32(38)25-8-5-4-6-9-25/h4-20H,21H2,1-3H3,(H,34,39)(H,35,37)(H,36,38)/b30-19+. The van der Waals surface area contributed by atoms with E-state index in [0.717, 1.165) is 21.7 Å². The van der Waals surface area contributed by atoms with Crippen LogP contribution in [0.15, 0.2) is 108 Å². The summed E-state index contributed by atoms with van der Waals surface area (Å²) in [6.07, 6.45) is 1.60. The average Bonchev–Trinajstić information content (AvgIpc) is 2.98. The maximum atomic E-state index is 13.4. The number of hydrogen-bond donors (Lipinski definition) is 3. The van der Waals surface area contributed by atoms with Gasteiger partial charge in [0.15, 0.2) is 0 Å². The van der Waals surface area contributed by atoms with Crippen molar-refractivity contribution in [3.05, 3.63) is 125 Å². The van der Waals surface area contributed by atoms with E-state index in [1.165, 1.54) is 11.8 Å². The van der Waals surface area contributed by atoms with Gasteiger partial charge in [-0.05, 0) is 85.1 Å². The quantitative estimate of drug-likeness (QED) is 0.152. The molecule has 0 spiro atoms. The molecule has 0 atom stereocenters. The van der Waals surface area contributed by atoms with E-state index in [0.29, 0.717) is 22.6 Å². The Morgan fingerprint density at radius 2 is 1.59 bits per heavy atom. The predicted octanol–water partition coefficient (Wildman–Crippen LogP) is 6.45. The first-order valence-corrected chi connectivity index (χ1v) is 13.9. The predicted molar refractivity (Wildman–Crippen MR) is 165 cm³/mol. The van der Waals surface area contributed by atoms with Crippen LogP contribution in [0.25, 0.3) is 6.08 Å². The Labute approximate surface area is 244 Å². The second-order valence-corrected chi connectivity index (χ2v) is 10.3. The zero-order valence-electron chi connectivity index (χ0n) is 23.1. The van der Waals surface area contributed by atoms with Gasteiger partial charge in [0.05, 0.1) is 12.9 Å². The highest BCUT2D eigenvalue weighted by Crippen LogP contribution is 2.23. The number of thioether (sulfide) groups is 1. The fourth-order valence-electron chi connectivity index (χ4n) is 3.88. The first kappa shape index (κ1) is 29.2. The Hall–Kier alpha value is -4.82. The monoisotopic (exact) mass is 565 g/mol. The molecule has 0 aliphatic rings. The Bertz CT molecular complexity index is 1570. The molecule has 0 saturated heterocycles. The molecule has 0 fully saturated rings. The summed E-state index contributed by atoms with van der Waals surface area (Å²) < 4.78 is 5.21. The van der Waals surface area contributed by atoms with Crippen molar-refractivity contribution in [2.24, 2.45) is 0 Å². The highest BCUT2D eigenvalue weighted by atomic mass is 32.2. The summed E-state index contributed by atoms with van der Waals surface area (Å²) in [6, 6.07) is 29.0. The molecule has 7 nitrogen and oxygen atoms in total. The molecule has 41 heavy (non-hydrogen) atoms. The van der Waals surface area contributed by atoms with Crippen molar-refractivity contribution >= 4 is 46.9 Å². The van der Waals surface area contributed by atoms with Gasteiger partial charge in [0.2, 0.25) is 5.91 Å². The van der Waals surface area contributed by atoms with Gasteiger partial charge in [-0.25, -0.2) is 0 Å². The van der Waals surface area contributed by atoms with Gasteiger partial charge in [0, 0.05) is 21.8 Å². The fraction of sp³-hybridized carbons (Fsp3) is 0.121. The Morgan fingerprint density at radius 3 is 2.32 bits per heavy atom. The van der Waals surface area contributed by atoms with Crippen molar-refractivity contribution < 1.29 is 19.1 Å². The molecule has 3 amide bonds. The number of hydrogen-bond acceptors (Lipinski definition) is 5. The van der Waals surface area contributed by atoms with Gasteiger partial charge in [-0.2, -0.15) is 0 Å². The number of aryl methyl sites for hydroxylation is 2. The van der Waals surface area contributed by atoms with E-state index >= 15 is 0 Å². The summed E-state index contributed by atoms with van der Waals surface area (Å²) >= 11 is 1.36. The molecule has 8 heteroatoms. The van der Waals surface area contributed by atoms with E-state index in [1.54, 1.807) is 79.9 Å².